The van der Waals surface area contributed by atoms with E-state index in [2.05, 4.69) is 6.92 Å². The monoisotopic (exact) mass is 483 g/mol. The molecule has 186 valence electrons. The van der Waals surface area contributed by atoms with Gasteiger partial charge in [-0.2, -0.15) is 0 Å². The Morgan fingerprint density at radius 3 is 2.57 bits per heavy atom. The number of nitrogens with zero attached hydrogens (tertiary/aromatic N) is 1. The fourth-order valence-corrected chi connectivity index (χ4v) is 4.38. The summed E-state index contributed by atoms with van der Waals surface area (Å²) in [7, 11) is 1.54. The zero-order valence-corrected chi connectivity index (χ0v) is 20.3. The number of rotatable bonds is 11. The summed E-state index contributed by atoms with van der Waals surface area (Å²) in [6.45, 7) is 5.52. The van der Waals surface area contributed by atoms with Crippen LogP contribution >= 0.6 is 0 Å². The second-order valence-corrected chi connectivity index (χ2v) is 8.40. The van der Waals surface area contributed by atoms with Crippen molar-refractivity contribution < 1.29 is 27.8 Å². The summed E-state index contributed by atoms with van der Waals surface area (Å²) in [5, 5.41) is 0.0936. The SMILES string of the molecule is CCCCCOc1ccc(C2c3c(oc4ccc(F)cc4c3=O)C(=O)N2CCOC)cc1OCC. The van der Waals surface area contributed by atoms with Gasteiger partial charge in [0.15, 0.2) is 16.9 Å². The number of fused-ring (bicyclic) bond motifs is 2. The van der Waals surface area contributed by atoms with E-state index in [-0.39, 0.29) is 35.4 Å². The van der Waals surface area contributed by atoms with Crippen LogP contribution in [-0.2, 0) is 4.74 Å². The van der Waals surface area contributed by atoms with E-state index in [4.69, 9.17) is 18.6 Å². The van der Waals surface area contributed by atoms with Crippen molar-refractivity contribution in [3.05, 3.63) is 69.3 Å². The average molecular weight is 484 g/mol. The Morgan fingerprint density at radius 1 is 1.00 bits per heavy atom. The number of halogens is 1. The van der Waals surface area contributed by atoms with Crippen LogP contribution in [0.2, 0.25) is 0 Å². The molecule has 7 nitrogen and oxygen atoms in total. The standard InChI is InChI=1S/C27H30FNO6/c1-4-6-7-13-34-21-10-8-17(15-22(21)33-5-2)24-23-25(30)19-16-18(28)9-11-20(19)35-26(23)27(31)29(24)12-14-32-3/h8-11,15-16,24H,4-7,12-14H2,1-3H3. The number of methoxy groups -OCH3 is 1. The van der Waals surface area contributed by atoms with Crippen LogP contribution < -0.4 is 14.9 Å². The molecule has 1 amide bonds. The van der Waals surface area contributed by atoms with Gasteiger partial charge in [-0.3, -0.25) is 9.59 Å². The smallest absolute Gasteiger partial charge is 0.290 e. The second kappa shape index (κ2) is 10.9. The van der Waals surface area contributed by atoms with Crippen molar-refractivity contribution in [3.63, 3.8) is 0 Å². The van der Waals surface area contributed by atoms with E-state index in [0.29, 0.717) is 30.3 Å². The number of benzene rings is 2. The third kappa shape index (κ3) is 4.89. The van der Waals surface area contributed by atoms with Crippen LogP contribution in [0.25, 0.3) is 11.0 Å². The highest BCUT2D eigenvalue weighted by Gasteiger charge is 2.42. The molecule has 2 aromatic carbocycles. The Hall–Kier alpha value is -3.39. The molecule has 3 aromatic rings. The first-order chi connectivity index (χ1) is 17.0. The van der Waals surface area contributed by atoms with Crippen LogP contribution in [-0.4, -0.2) is 44.3 Å². The van der Waals surface area contributed by atoms with Crippen molar-refractivity contribution >= 4 is 16.9 Å². The number of amides is 1. The molecule has 35 heavy (non-hydrogen) atoms. The fraction of sp³-hybridized carbons (Fsp3) is 0.407. The first kappa shape index (κ1) is 24.7. The number of carbonyl (C=O) groups is 1. The van der Waals surface area contributed by atoms with E-state index in [1.54, 1.807) is 24.1 Å². The lowest BCUT2D eigenvalue weighted by molar-refractivity contribution is 0.0663. The molecule has 0 spiro atoms. The lowest BCUT2D eigenvalue weighted by atomic mass is 9.98. The van der Waals surface area contributed by atoms with Crippen LogP contribution in [0.4, 0.5) is 4.39 Å². The predicted octanol–water partition coefficient (Wildman–Crippen LogP) is 5.09. The molecule has 0 fully saturated rings. The molecule has 8 heteroatoms. The minimum Gasteiger partial charge on any atom is -0.490 e. The molecule has 1 aliphatic rings. The van der Waals surface area contributed by atoms with Crippen molar-refractivity contribution in [1.29, 1.82) is 0 Å². The molecule has 0 saturated heterocycles. The van der Waals surface area contributed by atoms with E-state index in [1.165, 1.54) is 12.1 Å². The highest BCUT2D eigenvalue weighted by Crippen LogP contribution is 2.41. The maximum absolute atomic E-state index is 13.9. The van der Waals surface area contributed by atoms with Crippen LogP contribution in [0.5, 0.6) is 11.5 Å². The summed E-state index contributed by atoms with van der Waals surface area (Å²) in [5.74, 6) is 0.138. The van der Waals surface area contributed by atoms with Crippen molar-refractivity contribution in [1.82, 2.24) is 4.90 Å². The predicted molar refractivity (Wildman–Crippen MR) is 130 cm³/mol. The lowest BCUT2D eigenvalue weighted by Gasteiger charge is -2.25. The summed E-state index contributed by atoms with van der Waals surface area (Å²) < 4.78 is 36.8. The summed E-state index contributed by atoms with van der Waals surface area (Å²) in [4.78, 5) is 28.4. The van der Waals surface area contributed by atoms with Crippen molar-refractivity contribution in [2.45, 2.75) is 39.2 Å². The summed E-state index contributed by atoms with van der Waals surface area (Å²) in [5.41, 5.74) is 0.586. The van der Waals surface area contributed by atoms with E-state index in [0.717, 1.165) is 25.3 Å². The number of hydrogen-bond acceptors (Lipinski definition) is 6. The molecular formula is C27H30FNO6. The molecule has 1 aliphatic heterocycles. The second-order valence-electron chi connectivity index (χ2n) is 8.40. The first-order valence-corrected chi connectivity index (χ1v) is 12.0. The van der Waals surface area contributed by atoms with Crippen LogP contribution in [0, 0.1) is 5.82 Å². The molecule has 0 bridgehead atoms. The first-order valence-electron chi connectivity index (χ1n) is 12.0. The van der Waals surface area contributed by atoms with Gasteiger partial charge in [0, 0.05) is 13.7 Å². The van der Waals surface area contributed by atoms with Gasteiger partial charge < -0.3 is 23.5 Å². The van der Waals surface area contributed by atoms with Gasteiger partial charge in [0.05, 0.1) is 36.8 Å². The minimum absolute atomic E-state index is 0.0342. The summed E-state index contributed by atoms with van der Waals surface area (Å²) >= 11 is 0. The molecular weight excluding hydrogens is 453 g/mol. The van der Waals surface area contributed by atoms with Gasteiger partial charge >= 0.3 is 0 Å². The topological polar surface area (TPSA) is 78.2 Å². The molecule has 0 aliphatic carbocycles. The van der Waals surface area contributed by atoms with Crippen molar-refractivity contribution in [2.24, 2.45) is 0 Å². The molecule has 1 atom stereocenters. The van der Waals surface area contributed by atoms with Crippen LogP contribution in [0.1, 0.15) is 60.8 Å². The third-order valence-corrected chi connectivity index (χ3v) is 6.05. The van der Waals surface area contributed by atoms with E-state index < -0.39 is 23.2 Å². The van der Waals surface area contributed by atoms with Crippen LogP contribution in [0.3, 0.4) is 0 Å². The van der Waals surface area contributed by atoms with E-state index in [1.807, 2.05) is 13.0 Å². The third-order valence-electron chi connectivity index (χ3n) is 6.05. The van der Waals surface area contributed by atoms with Gasteiger partial charge in [-0.05, 0) is 49.2 Å². The van der Waals surface area contributed by atoms with E-state index in [9.17, 15) is 14.0 Å². The van der Waals surface area contributed by atoms with Gasteiger partial charge in [-0.1, -0.05) is 25.8 Å². The molecule has 1 aromatic heterocycles. The van der Waals surface area contributed by atoms with Gasteiger partial charge in [0.2, 0.25) is 5.76 Å². The summed E-state index contributed by atoms with van der Waals surface area (Å²) in [6, 6.07) is 8.38. The number of unbranched alkanes of at least 4 members (excludes halogenated alkanes) is 2. The quantitative estimate of drug-likeness (QED) is 0.354. The highest BCUT2D eigenvalue weighted by atomic mass is 19.1. The van der Waals surface area contributed by atoms with Crippen molar-refractivity contribution in [3.8, 4) is 11.5 Å². The zero-order valence-electron chi connectivity index (χ0n) is 20.3. The largest absolute Gasteiger partial charge is 0.490 e. The Kier molecular flexibility index (Phi) is 7.70. The molecule has 0 saturated carbocycles. The summed E-state index contributed by atoms with van der Waals surface area (Å²) in [6.07, 6.45) is 3.10. The Balaban J connectivity index is 1.82. The maximum Gasteiger partial charge on any atom is 0.290 e. The Labute approximate surface area is 203 Å². The molecule has 0 radical (unpaired) electrons. The highest BCUT2D eigenvalue weighted by molar-refractivity contribution is 5.99. The fourth-order valence-electron chi connectivity index (χ4n) is 4.38. The Morgan fingerprint density at radius 2 is 1.83 bits per heavy atom. The molecule has 2 heterocycles. The number of hydrogen-bond donors (Lipinski definition) is 0. The zero-order chi connectivity index (χ0) is 24.9. The lowest BCUT2D eigenvalue weighted by Crippen LogP contribution is -2.32. The van der Waals surface area contributed by atoms with Gasteiger partial charge in [-0.25, -0.2) is 4.39 Å². The molecule has 1 unspecified atom stereocenters. The normalized spacial score (nSPS) is 15.0. The Bertz CT molecular complexity index is 1270. The number of ether oxygens (including phenoxy) is 3. The van der Waals surface area contributed by atoms with Gasteiger partial charge in [0.1, 0.15) is 11.4 Å². The average Bonchev–Trinajstić information content (AvgIpc) is 3.13. The number of carbonyl (C=O) groups excluding carboxylic acids is 1. The molecule has 0 N–H and O–H groups in total. The van der Waals surface area contributed by atoms with Gasteiger partial charge in [-0.15, -0.1) is 0 Å². The van der Waals surface area contributed by atoms with Crippen molar-refractivity contribution in [2.75, 3.05) is 33.5 Å². The van der Waals surface area contributed by atoms with Gasteiger partial charge in [0.25, 0.3) is 5.91 Å². The van der Waals surface area contributed by atoms with Crippen LogP contribution in [0.15, 0.2) is 45.6 Å². The minimum atomic E-state index is -0.732. The van der Waals surface area contributed by atoms with E-state index >= 15 is 0 Å². The molecule has 4 rings (SSSR count). The maximum atomic E-state index is 13.9.